The van der Waals surface area contributed by atoms with Gasteiger partial charge in [0, 0.05) is 18.3 Å². The van der Waals surface area contributed by atoms with Gasteiger partial charge < -0.3 is 11.1 Å². The fourth-order valence-electron chi connectivity index (χ4n) is 1.35. The second-order valence-electron chi connectivity index (χ2n) is 3.79. The molecule has 1 aromatic heterocycles. The average Bonchev–Trinajstić information content (AvgIpc) is 2.44. The summed E-state index contributed by atoms with van der Waals surface area (Å²) in [5, 5.41) is 7.00. The largest absolute Gasteiger partial charge is 0.351 e. The Labute approximate surface area is 89.6 Å². The van der Waals surface area contributed by atoms with Gasteiger partial charge in [0.1, 0.15) is 6.54 Å². The molecule has 1 rings (SSSR count). The van der Waals surface area contributed by atoms with Crippen LogP contribution in [0.1, 0.15) is 18.3 Å². The minimum atomic E-state index is -0.0563. The molecule has 1 heterocycles. The molecule has 0 aliphatic carbocycles. The minimum absolute atomic E-state index is 0.00876. The number of nitrogens with one attached hydrogen (secondary N) is 1. The van der Waals surface area contributed by atoms with Gasteiger partial charge in [0.15, 0.2) is 0 Å². The van der Waals surface area contributed by atoms with Gasteiger partial charge in [0.05, 0.1) is 5.69 Å². The van der Waals surface area contributed by atoms with Gasteiger partial charge in [-0.25, -0.2) is 0 Å². The molecule has 0 aliphatic heterocycles. The van der Waals surface area contributed by atoms with E-state index in [1.165, 1.54) is 0 Å². The number of hydrogen-bond donors (Lipinski definition) is 2. The van der Waals surface area contributed by atoms with Crippen LogP contribution in [0.25, 0.3) is 0 Å². The summed E-state index contributed by atoms with van der Waals surface area (Å²) in [7, 11) is 0. The van der Waals surface area contributed by atoms with Crippen LogP contribution in [0.4, 0.5) is 0 Å². The number of hydrogen-bond acceptors (Lipinski definition) is 3. The normalized spacial score (nSPS) is 12.5. The maximum absolute atomic E-state index is 11.5. The van der Waals surface area contributed by atoms with Crippen LogP contribution >= 0.6 is 0 Å². The van der Waals surface area contributed by atoms with Crippen molar-refractivity contribution in [3.8, 4) is 0 Å². The Kier molecular flexibility index (Phi) is 3.85. The Morgan fingerprint density at radius 2 is 2.33 bits per heavy atom. The molecule has 0 unspecified atom stereocenters. The highest BCUT2D eigenvalue weighted by molar-refractivity contribution is 5.76. The van der Waals surface area contributed by atoms with E-state index in [-0.39, 0.29) is 18.5 Å². The zero-order valence-corrected chi connectivity index (χ0v) is 9.45. The van der Waals surface area contributed by atoms with Gasteiger partial charge in [-0.15, -0.1) is 0 Å². The van der Waals surface area contributed by atoms with Gasteiger partial charge in [-0.1, -0.05) is 0 Å². The molecular weight excluding hydrogens is 192 g/mol. The van der Waals surface area contributed by atoms with Crippen molar-refractivity contribution >= 4 is 5.91 Å². The minimum Gasteiger partial charge on any atom is -0.351 e. The quantitative estimate of drug-likeness (QED) is 0.732. The van der Waals surface area contributed by atoms with Crippen molar-refractivity contribution < 1.29 is 4.79 Å². The monoisotopic (exact) mass is 210 g/mol. The highest BCUT2D eigenvalue weighted by atomic mass is 16.2. The summed E-state index contributed by atoms with van der Waals surface area (Å²) >= 11 is 0. The zero-order chi connectivity index (χ0) is 11.4. The number of amides is 1. The van der Waals surface area contributed by atoms with Crippen molar-refractivity contribution in [2.75, 3.05) is 6.54 Å². The van der Waals surface area contributed by atoms with Gasteiger partial charge in [-0.05, 0) is 26.8 Å². The molecule has 1 atom stereocenters. The van der Waals surface area contributed by atoms with Crippen molar-refractivity contribution in [1.82, 2.24) is 15.1 Å². The molecule has 1 aromatic rings. The number of aromatic nitrogens is 2. The third kappa shape index (κ3) is 3.36. The van der Waals surface area contributed by atoms with Crippen LogP contribution in [0.15, 0.2) is 6.07 Å². The zero-order valence-electron chi connectivity index (χ0n) is 9.45. The lowest BCUT2D eigenvalue weighted by Gasteiger charge is -2.11. The Morgan fingerprint density at radius 1 is 1.67 bits per heavy atom. The van der Waals surface area contributed by atoms with E-state index >= 15 is 0 Å². The lowest BCUT2D eigenvalue weighted by atomic mass is 10.3. The molecule has 0 fully saturated rings. The van der Waals surface area contributed by atoms with Crippen molar-refractivity contribution in [2.45, 2.75) is 33.4 Å². The topological polar surface area (TPSA) is 72.9 Å². The van der Waals surface area contributed by atoms with Gasteiger partial charge >= 0.3 is 0 Å². The number of nitrogens with zero attached hydrogens (tertiary/aromatic N) is 2. The maximum Gasteiger partial charge on any atom is 0.241 e. The third-order valence-electron chi connectivity index (χ3n) is 2.16. The van der Waals surface area contributed by atoms with Crippen molar-refractivity contribution in [2.24, 2.45) is 5.73 Å². The first-order valence-corrected chi connectivity index (χ1v) is 5.03. The summed E-state index contributed by atoms with van der Waals surface area (Å²) in [6.45, 7) is 6.41. The number of carbonyl (C=O) groups excluding carboxylic acids is 1. The molecule has 0 radical (unpaired) electrons. The summed E-state index contributed by atoms with van der Waals surface area (Å²) in [4.78, 5) is 11.5. The Balaban J connectivity index is 2.55. The molecule has 0 aromatic carbocycles. The van der Waals surface area contributed by atoms with Crippen molar-refractivity contribution in [1.29, 1.82) is 0 Å². The summed E-state index contributed by atoms with van der Waals surface area (Å²) in [6, 6.07) is 1.95. The molecule has 5 nitrogen and oxygen atoms in total. The third-order valence-corrected chi connectivity index (χ3v) is 2.16. The van der Waals surface area contributed by atoms with E-state index in [0.29, 0.717) is 6.54 Å². The van der Waals surface area contributed by atoms with E-state index in [2.05, 4.69) is 10.4 Å². The molecular formula is C10H18N4O. The van der Waals surface area contributed by atoms with Crippen LogP contribution < -0.4 is 11.1 Å². The van der Waals surface area contributed by atoms with E-state index in [1.807, 2.05) is 26.8 Å². The van der Waals surface area contributed by atoms with E-state index in [0.717, 1.165) is 11.4 Å². The lowest BCUT2D eigenvalue weighted by molar-refractivity contribution is -0.122. The molecule has 1 amide bonds. The second kappa shape index (κ2) is 4.93. The summed E-state index contributed by atoms with van der Waals surface area (Å²) in [5.74, 6) is -0.0563. The summed E-state index contributed by atoms with van der Waals surface area (Å²) < 4.78 is 1.69. The molecule has 0 saturated carbocycles. The molecule has 3 N–H and O–H groups in total. The molecule has 5 heteroatoms. The standard InChI is InChI=1S/C10H18N4O/c1-7-4-9(3)14(13-7)6-10(15)12-8(2)5-11/h4,8H,5-6,11H2,1-3H3,(H,12,15)/t8-/m1/s1. The van der Waals surface area contributed by atoms with Gasteiger partial charge in [-0.3, -0.25) is 9.48 Å². The van der Waals surface area contributed by atoms with E-state index in [1.54, 1.807) is 4.68 Å². The molecule has 0 spiro atoms. The second-order valence-corrected chi connectivity index (χ2v) is 3.79. The first-order valence-electron chi connectivity index (χ1n) is 5.03. The summed E-state index contributed by atoms with van der Waals surface area (Å²) in [6.07, 6.45) is 0. The highest BCUT2D eigenvalue weighted by Crippen LogP contribution is 2.00. The maximum atomic E-state index is 11.5. The molecule has 0 aliphatic rings. The number of carbonyl (C=O) groups is 1. The van der Waals surface area contributed by atoms with Gasteiger partial charge in [0.2, 0.25) is 5.91 Å². The molecule has 0 bridgehead atoms. The first kappa shape index (κ1) is 11.7. The predicted octanol–water partition coefficient (Wildman–Crippen LogP) is -0.0367. The Bertz CT molecular complexity index is 345. The van der Waals surface area contributed by atoms with Crippen LogP contribution in [-0.2, 0) is 11.3 Å². The fourth-order valence-corrected chi connectivity index (χ4v) is 1.35. The number of aryl methyl sites for hydroxylation is 2. The van der Waals surface area contributed by atoms with Gasteiger partial charge in [-0.2, -0.15) is 5.10 Å². The van der Waals surface area contributed by atoms with Crippen molar-refractivity contribution in [3.63, 3.8) is 0 Å². The number of nitrogens with two attached hydrogens (primary N) is 1. The fraction of sp³-hybridized carbons (Fsp3) is 0.600. The molecule has 84 valence electrons. The summed E-state index contributed by atoms with van der Waals surface area (Å²) in [5.41, 5.74) is 7.32. The average molecular weight is 210 g/mol. The van der Waals surface area contributed by atoms with E-state index in [4.69, 9.17) is 5.73 Å². The first-order chi connectivity index (χ1) is 7.02. The molecule has 15 heavy (non-hydrogen) atoms. The highest BCUT2D eigenvalue weighted by Gasteiger charge is 2.08. The Hall–Kier alpha value is -1.36. The van der Waals surface area contributed by atoms with Crippen molar-refractivity contribution in [3.05, 3.63) is 17.5 Å². The van der Waals surface area contributed by atoms with E-state index in [9.17, 15) is 4.79 Å². The number of rotatable bonds is 4. The predicted molar refractivity (Wildman–Crippen MR) is 58.4 cm³/mol. The lowest BCUT2D eigenvalue weighted by Crippen LogP contribution is -2.39. The van der Waals surface area contributed by atoms with E-state index < -0.39 is 0 Å². The Morgan fingerprint density at radius 3 is 2.80 bits per heavy atom. The van der Waals surface area contributed by atoms with Crippen LogP contribution in [-0.4, -0.2) is 28.3 Å². The van der Waals surface area contributed by atoms with Crippen LogP contribution in [0.3, 0.4) is 0 Å². The van der Waals surface area contributed by atoms with Gasteiger partial charge in [0.25, 0.3) is 0 Å². The molecule has 0 saturated heterocycles. The van der Waals surface area contributed by atoms with Crippen LogP contribution in [0, 0.1) is 13.8 Å². The smallest absolute Gasteiger partial charge is 0.241 e. The van der Waals surface area contributed by atoms with Crippen LogP contribution in [0.2, 0.25) is 0 Å². The SMILES string of the molecule is Cc1cc(C)n(CC(=O)N[C@H](C)CN)n1. The van der Waals surface area contributed by atoms with Crippen LogP contribution in [0.5, 0.6) is 0 Å².